The second kappa shape index (κ2) is 13.9. The fourth-order valence-corrected chi connectivity index (χ4v) is 4.22. The number of aliphatic hydroxyl groups excluding tert-OH is 1. The summed E-state index contributed by atoms with van der Waals surface area (Å²) < 4.78 is 47.9. The molecule has 0 saturated carbocycles. The number of halogens is 3. The van der Waals surface area contributed by atoms with Crippen LogP contribution in [0, 0.1) is 11.6 Å². The molecule has 2 amide bonds. The van der Waals surface area contributed by atoms with Crippen LogP contribution in [0.3, 0.4) is 0 Å². The van der Waals surface area contributed by atoms with Gasteiger partial charge in [-0.2, -0.15) is 0 Å². The van der Waals surface area contributed by atoms with E-state index in [1.54, 1.807) is 0 Å². The minimum Gasteiger partial charge on any atom is -0.447 e. The smallest absolute Gasteiger partial charge is 0.447 e. The number of phosphoric acid groups is 1. The number of aliphatic hydroxyl groups is 1. The fourth-order valence-electron chi connectivity index (χ4n) is 3.66. The van der Waals surface area contributed by atoms with E-state index in [-0.39, 0.29) is 23.8 Å². The zero-order valence-corrected chi connectivity index (χ0v) is 22.6. The van der Waals surface area contributed by atoms with Gasteiger partial charge in [0, 0.05) is 31.5 Å². The number of phosphoric ester groups is 1. The number of hydrogen-bond donors (Lipinski definition) is 5. The monoisotopic (exact) mass is 602 g/mol. The molecule has 0 aliphatic rings. The molecule has 0 aliphatic carbocycles. The number of hydrogen-bond acceptors (Lipinski definition) is 8. The van der Waals surface area contributed by atoms with Crippen LogP contribution in [0.25, 0.3) is 10.8 Å². The summed E-state index contributed by atoms with van der Waals surface area (Å²) >= 11 is 5.98. The van der Waals surface area contributed by atoms with E-state index in [0.29, 0.717) is 16.3 Å². The predicted octanol–water partition coefficient (Wildman–Crippen LogP) is 3.50. The van der Waals surface area contributed by atoms with Crippen molar-refractivity contribution in [1.82, 2.24) is 15.4 Å². The van der Waals surface area contributed by atoms with Crippen molar-refractivity contribution in [1.29, 1.82) is 0 Å². The number of anilines is 1. The molecule has 0 aliphatic heterocycles. The molecule has 3 rings (SSSR count). The first-order valence-corrected chi connectivity index (χ1v) is 13.6. The summed E-state index contributed by atoms with van der Waals surface area (Å²) in [6, 6.07) is 8.46. The molecule has 216 valence electrons. The molecular formula is C24H26ClF2N4O8P. The SMILES string of the molecule is CC(=O)N(NCc1cccc(F)c1Cl)[C@H](COC(=O)Nc1cc2cc(F)ccc2cn1)CC(O)COP(=O)(O)O. The summed E-state index contributed by atoms with van der Waals surface area (Å²) in [5.41, 5.74) is 3.05. The van der Waals surface area contributed by atoms with Gasteiger partial charge in [0.05, 0.1) is 23.8 Å². The van der Waals surface area contributed by atoms with Crippen LogP contribution < -0.4 is 10.7 Å². The first-order valence-electron chi connectivity index (χ1n) is 11.7. The topological polar surface area (TPSA) is 171 Å². The van der Waals surface area contributed by atoms with Crippen molar-refractivity contribution in [2.75, 3.05) is 18.5 Å². The number of benzene rings is 2. The van der Waals surface area contributed by atoms with Gasteiger partial charge >= 0.3 is 13.9 Å². The van der Waals surface area contributed by atoms with Gasteiger partial charge in [0.1, 0.15) is 24.1 Å². The summed E-state index contributed by atoms with van der Waals surface area (Å²) in [5, 5.41) is 14.6. The van der Waals surface area contributed by atoms with Gasteiger partial charge in [-0.25, -0.2) is 28.6 Å². The van der Waals surface area contributed by atoms with E-state index in [1.165, 1.54) is 49.5 Å². The number of fused-ring (bicyclic) bond motifs is 1. The summed E-state index contributed by atoms with van der Waals surface area (Å²) in [7, 11) is -4.89. The summed E-state index contributed by atoms with van der Waals surface area (Å²) in [6.07, 6.45) is -1.43. The Bertz CT molecular complexity index is 1410. The number of nitrogens with one attached hydrogen (secondary N) is 2. The van der Waals surface area contributed by atoms with Gasteiger partial charge in [-0.05, 0) is 41.3 Å². The first-order chi connectivity index (χ1) is 18.8. The van der Waals surface area contributed by atoms with Crippen LogP contribution in [-0.2, 0) is 25.2 Å². The Hall–Kier alpha value is -3.23. The molecule has 0 fully saturated rings. The second-order valence-corrected chi connectivity index (χ2v) is 10.2. The largest absolute Gasteiger partial charge is 0.469 e. The third-order valence-electron chi connectivity index (χ3n) is 5.48. The van der Waals surface area contributed by atoms with Crippen molar-refractivity contribution < 1.29 is 47.1 Å². The van der Waals surface area contributed by atoms with Crippen LogP contribution in [0.4, 0.5) is 19.4 Å². The van der Waals surface area contributed by atoms with E-state index in [1.807, 2.05) is 0 Å². The average Bonchev–Trinajstić information content (AvgIpc) is 2.87. The summed E-state index contributed by atoms with van der Waals surface area (Å²) in [5.74, 6) is -1.70. The molecule has 40 heavy (non-hydrogen) atoms. The van der Waals surface area contributed by atoms with Crippen molar-refractivity contribution in [2.24, 2.45) is 0 Å². The number of pyridine rings is 1. The molecule has 0 radical (unpaired) electrons. The molecule has 1 aromatic heterocycles. The molecule has 0 bridgehead atoms. The van der Waals surface area contributed by atoms with Gasteiger partial charge in [-0.15, -0.1) is 0 Å². The van der Waals surface area contributed by atoms with Gasteiger partial charge in [0.15, 0.2) is 0 Å². The van der Waals surface area contributed by atoms with Crippen LogP contribution in [0.2, 0.25) is 5.02 Å². The summed E-state index contributed by atoms with van der Waals surface area (Å²) in [4.78, 5) is 46.8. The third-order valence-corrected chi connectivity index (χ3v) is 6.38. The van der Waals surface area contributed by atoms with E-state index in [9.17, 15) is 28.0 Å². The zero-order chi connectivity index (χ0) is 29.4. The second-order valence-electron chi connectivity index (χ2n) is 8.55. The van der Waals surface area contributed by atoms with Crippen LogP contribution in [0.15, 0.2) is 48.7 Å². The van der Waals surface area contributed by atoms with E-state index in [0.717, 1.165) is 11.1 Å². The highest BCUT2D eigenvalue weighted by atomic mass is 35.5. The predicted molar refractivity (Wildman–Crippen MR) is 140 cm³/mol. The number of aromatic nitrogens is 1. The van der Waals surface area contributed by atoms with Gasteiger partial charge in [-0.3, -0.25) is 19.6 Å². The minimum absolute atomic E-state index is 0.0528. The van der Waals surface area contributed by atoms with E-state index >= 15 is 0 Å². The quantitative estimate of drug-likeness (QED) is 0.153. The Balaban J connectivity index is 1.72. The Morgan fingerprint density at radius 2 is 1.90 bits per heavy atom. The van der Waals surface area contributed by atoms with Gasteiger partial charge in [0.2, 0.25) is 5.91 Å². The Kier molecular flexibility index (Phi) is 10.9. The third kappa shape index (κ3) is 9.45. The van der Waals surface area contributed by atoms with Gasteiger partial charge in [-0.1, -0.05) is 23.7 Å². The zero-order valence-electron chi connectivity index (χ0n) is 21.0. The Morgan fingerprint density at radius 1 is 1.15 bits per heavy atom. The standard InChI is InChI=1S/C24H26ClF2N4O8P/c1-14(32)31(29-11-16-3-2-4-21(27)23(16)25)19(9-20(33)13-39-40(35,36)37)12-38-24(34)30-22-8-17-7-18(26)6-5-15(17)10-28-22/h2-8,10,19-20,29,33H,9,11-13H2,1H3,(H,28,30,34)(H2,35,36,37)/t19-,20?/m0/s1. The molecule has 0 spiro atoms. The highest BCUT2D eigenvalue weighted by Crippen LogP contribution is 2.36. The van der Waals surface area contributed by atoms with Crippen molar-refractivity contribution in [2.45, 2.75) is 32.0 Å². The fraction of sp³-hybridized carbons (Fsp3) is 0.292. The van der Waals surface area contributed by atoms with Crippen LogP contribution in [0.1, 0.15) is 18.9 Å². The minimum atomic E-state index is -4.89. The number of hydrazine groups is 1. The number of ether oxygens (including phenoxy) is 1. The number of amides is 2. The van der Waals surface area contributed by atoms with Crippen molar-refractivity contribution >= 4 is 48.0 Å². The van der Waals surface area contributed by atoms with Gasteiger partial charge in [0.25, 0.3) is 0 Å². The molecule has 5 N–H and O–H groups in total. The maximum atomic E-state index is 13.8. The lowest BCUT2D eigenvalue weighted by atomic mass is 10.1. The first kappa shape index (κ1) is 31.3. The summed E-state index contributed by atoms with van der Waals surface area (Å²) in [6.45, 7) is -0.258. The molecule has 1 unspecified atom stereocenters. The molecule has 12 nitrogen and oxygen atoms in total. The molecule has 0 saturated heterocycles. The lowest BCUT2D eigenvalue weighted by Crippen LogP contribution is -2.52. The maximum Gasteiger partial charge on any atom is 0.469 e. The van der Waals surface area contributed by atoms with Crippen molar-refractivity contribution in [3.63, 3.8) is 0 Å². The molecular weight excluding hydrogens is 577 g/mol. The van der Waals surface area contributed by atoms with Crippen LogP contribution >= 0.6 is 19.4 Å². The molecule has 2 aromatic carbocycles. The van der Waals surface area contributed by atoms with Crippen molar-refractivity contribution in [3.05, 3.63) is 70.9 Å². The number of rotatable bonds is 12. The Morgan fingerprint density at radius 3 is 2.60 bits per heavy atom. The average molecular weight is 603 g/mol. The van der Waals surface area contributed by atoms with E-state index in [2.05, 4.69) is 20.3 Å². The van der Waals surface area contributed by atoms with Gasteiger partial charge < -0.3 is 19.6 Å². The highest BCUT2D eigenvalue weighted by Gasteiger charge is 2.28. The lowest BCUT2D eigenvalue weighted by molar-refractivity contribution is -0.137. The molecule has 3 aromatic rings. The molecule has 16 heteroatoms. The number of nitrogens with zero attached hydrogens (tertiary/aromatic N) is 2. The lowest BCUT2D eigenvalue weighted by Gasteiger charge is -2.32. The number of carbonyl (C=O) groups excluding carboxylic acids is 2. The van der Waals surface area contributed by atoms with E-state index in [4.69, 9.17) is 26.1 Å². The normalized spacial score (nSPS) is 13.1. The highest BCUT2D eigenvalue weighted by molar-refractivity contribution is 7.46. The van der Waals surface area contributed by atoms with E-state index < -0.39 is 56.8 Å². The molecule has 2 atom stereocenters. The van der Waals surface area contributed by atoms with Crippen LogP contribution in [0.5, 0.6) is 0 Å². The molecule has 1 heterocycles. The maximum absolute atomic E-state index is 13.8. The Labute approximate surface area is 232 Å². The van der Waals surface area contributed by atoms with Crippen LogP contribution in [-0.4, -0.2) is 62.2 Å². The van der Waals surface area contributed by atoms with Crippen molar-refractivity contribution in [3.8, 4) is 0 Å². The number of carbonyl (C=O) groups is 2.